The zero-order valence-electron chi connectivity index (χ0n) is 9.57. The van der Waals surface area contributed by atoms with E-state index in [-0.39, 0.29) is 0 Å². The highest BCUT2D eigenvalue weighted by atomic mass is 32.1. The molecule has 2 aromatic heterocycles. The summed E-state index contributed by atoms with van der Waals surface area (Å²) in [5.74, 6) is 0.181. The summed E-state index contributed by atoms with van der Waals surface area (Å²) < 4.78 is 7.51. The van der Waals surface area contributed by atoms with Crippen LogP contribution in [0, 0.1) is 5.92 Å². The standard InChI is InChI=1S/C12H12N2O3S/c15-10(16)4-3-9-11(17-7-8-1-2-8)13-12-14(9)5-6-18-12/h3-6,8H,1-2,7H2,(H,15,16). The van der Waals surface area contributed by atoms with Crippen LogP contribution in [0.25, 0.3) is 11.0 Å². The van der Waals surface area contributed by atoms with Crippen LogP contribution in [0.2, 0.25) is 0 Å². The smallest absolute Gasteiger partial charge is 0.328 e. The van der Waals surface area contributed by atoms with E-state index >= 15 is 0 Å². The van der Waals surface area contributed by atoms with Crippen LogP contribution in [0.5, 0.6) is 5.88 Å². The quantitative estimate of drug-likeness (QED) is 0.841. The number of carboxylic acids is 1. The monoisotopic (exact) mass is 264 g/mol. The Morgan fingerprint density at radius 3 is 3.22 bits per heavy atom. The number of thiazole rings is 1. The minimum absolute atomic E-state index is 0.520. The topological polar surface area (TPSA) is 63.8 Å². The van der Waals surface area contributed by atoms with E-state index in [1.54, 1.807) is 0 Å². The van der Waals surface area contributed by atoms with Gasteiger partial charge in [-0.05, 0) is 24.8 Å². The third kappa shape index (κ3) is 2.24. The lowest BCUT2D eigenvalue weighted by Gasteiger charge is -2.02. The average molecular weight is 264 g/mol. The summed E-state index contributed by atoms with van der Waals surface area (Å²) in [6.45, 7) is 0.665. The average Bonchev–Trinajstić information content (AvgIpc) is 2.94. The second-order valence-corrected chi connectivity index (χ2v) is 5.16. The van der Waals surface area contributed by atoms with Gasteiger partial charge in [0.05, 0.1) is 6.61 Å². The van der Waals surface area contributed by atoms with Gasteiger partial charge in [0.2, 0.25) is 5.88 Å². The highest BCUT2D eigenvalue weighted by Crippen LogP contribution is 2.31. The summed E-state index contributed by atoms with van der Waals surface area (Å²) >= 11 is 1.50. The Morgan fingerprint density at radius 1 is 1.67 bits per heavy atom. The molecule has 1 aliphatic rings. The summed E-state index contributed by atoms with van der Waals surface area (Å²) in [5.41, 5.74) is 0.689. The van der Waals surface area contributed by atoms with Crippen LogP contribution in [0.3, 0.4) is 0 Å². The Hall–Kier alpha value is -1.82. The highest BCUT2D eigenvalue weighted by molar-refractivity contribution is 7.15. The van der Waals surface area contributed by atoms with Gasteiger partial charge in [-0.2, -0.15) is 4.98 Å². The molecule has 5 nitrogen and oxygen atoms in total. The molecule has 0 spiro atoms. The molecule has 0 aliphatic heterocycles. The van der Waals surface area contributed by atoms with Crippen LogP contribution >= 0.6 is 11.3 Å². The number of imidazole rings is 1. The van der Waals surface area contributed by atoms with Crippen molar-refractivity contribution in [2.75, 3.05) is 6.61 Å². The Morgan fingerprint density at radius 2 is 2.50 bits per heavy atom. The number of hydrogen-bond acceptors (Lipinski definition) is 4. The lowest BCUT2D eigenvalue weighted by Crippen LogP contribution is -2.00. The zero-order valence-corrected chi connectivity index (χ0v) is 10.4. The zero-order chi connectivity index (χ0) is 12.5. The summed E-state index contributed by atoms with van der Waals surface area (Å²) in [6.07, 6.45) is 6.91. The number of ether oxygens (including phenoxy) is 1. The normalized spacial score (nSPS) is 15.6. The fourth-order valence-corrected chi connectivity index (χ4v) is 2.39. The first kappa shape index (κ1) is 11.3. The van der Waals surface area contributed by atoms with Crippen molar-refractivity contribution in [2.24, 2.45) is 5.92 Å². The highest BCUT2D eigenvalue weighted by Gasteiger charge is 2.23. The fraction of sp³-hybridized carbons (Fsp3) is 0.333. The predicted molar refractivity (Wildman–Crippen MR) is 68.0 cm³/mol. The van der Waals surface area contributed by atoms with Crippen LogP contribution in [-0.2, 0) is 4.79 Å². The van der Waals surface area contributed by atoms with E-state index in [9.17, 15) is 4.79 Å². The third-order valence-electron chi connectivity index (χ3n) is 2.80. The number of carboxylic acid groups (broad SMARTS) is 1. The molecule has 0 aromatic carbocycles. The maximum atomic E-state index is 10.6. The lowest BCUT2D eigenvalue weighted by molar-refractivity contribution is -0.131. The van der Waals surface area contributed by atoms with Gasteiger partial charge in [0.15, 0.2) is 4.96 Å². The van der Waals surface area contributed by atoms with Gasteiger partial charge in [0.1, 0.15) is 5.69 Å². The Balaban J connectivity index is 1.91. The van der Waals surface area contributed by atoms with Crippen LogP contribution in [0.1, 0.15) is 18.5 Å². The summed E-state index contributed by atoms with van der Waals surface area (Å²) in [6, 6.07) is 0. The second kappa shape index (κ2) is 4.45. The number of rotatable bonds is 5. The number of hydrogen-bond donors (Lipinski definition) is 1. The molecule has 18 heavy (non-hydrogen) atoms. The SMILES string of the molecule is O=C(O)C=Cc1c(OCC2CC2)nc2sccn12. The molecule has 0 unspecified atom stereocenters. The van der Waals surface area contributed by atoms with Crippen LogP contribution in [0.4, 0.5) is 0 Å². The van der Waals surface area contributed by atoms with Crippen LogP contribution < -0.4 is 4.74 Å². The second-order valence-electron chi connectivity index (χ2n) is 4.28. The Labute approximate surface area is 107 Å². The van der Waals surface area contributed by atoms with Crippen molar-refractivity contribution < 1.29 is 14.6 Å². The molecular formula is C12H12N2O3S. The Bertz CT molecular complexity index is 610. The molecule has 3 rings (SSSR count). The van der Waals surface area contributed by atoms with Gasteiger partial charge in [-0.15, -0.1) is 11.3 Å². The van der Waals surface area contributed by atoms with Gasteiger partial charge < -0.3 is 9.84 Å². The lowest BCUT2D eigenvalue weighted by atomic mass is 10.4. The van der Waals surface area contributed by atoms with Crippen molar-refractivity contribution in [3.63, 3.8) is 0 Å². The molecular weight excluding hydrogens is 252 g/mol. The van der Waals surface area contributed by atoms with E-state index in [0.717, 1.165) is 11.0 Å². The molecule has 0 saturated heterocycles. The van der Waals surface area contributed by atoms with Crippen molar-refractivity contribution in [1.82, 2.24) is 9.38 Å². The van der Waals surface area contributed by atoms with E-state index in [1.807, 2.05) is 16.0 Å². The minimum Gasteiger partial charge on any atom is -0.478 e. The number of aromatic nitrogens is 2. The molecule has 2 heterocycles. The van der Waals surface area contributed by atoms with Crippen molar-refractivity contribution in [1.29, 1.82) is 0 Å². The van der Waals surface area contributed by atoms with E-state index < -0.39 is 5.97 Å². The maximum Gasteiger partial charge on any atom is 0.328 e. The van der Waals surface area contributed by atoms with Gasteiger partial charge in [0, 0.05) is 17.7 Å². The van der Waals surface area contributed by atoms with Gasteiger partial charge in [-0.3, -0.25) is 4.40 Å². The largest absolute Gasteiger partial charge is 0.478 e. The van der Waals surface area contributed by atoms with Crippen molar-refractivity contribution >= 4 is 28.3 Å². The third-order valence-corrected chi connectivity index (χ3v) is 3.56. The molecule has 0 radical (unpaired) electrons. The number of aliphatic carboxylic acids is 1. The molecule has 0 amide bonds. The van der Waals surface area contributed by atoms with Gasteiger partial charge >= 0.3 is 5.97 Å². The fourth-order valence-electron chi connectivity index (χ4n) is 1.67. The Kier molecular flexibility index (Phi) is 2.79. The van der Waals surface area contributed by atoms with Crippen molar-refractivity contribution in [2.45, 2.75) is 12.8 Å². The first-order chi connectivity index (χ1) is 8.74. The molecule has 6 heteroatoms. The van der Waals surface area contributed by atoms with E-state index in [0.29, 0.717) is 24.1 Å². The summed E-state index contributed by atoms with van der Waals surface area (Å²) in [7, 11) is 0. The van der Waals surface area contributed by atoms with Gasteiger partial charge in [0.25, 0.3) is 0 Å². The molecule has 0 bridgehead atoms. The van der Waals surface area contributed by atoms with Crippen molar-refractivity contribution in [3.8, 4) is 5.88 Å². The van der Waals surface area contributed by atoms with Crippen LogP contribution in [0.15, 0.2) is 17.7 Å². The maximum absolute atomic E-state index is 10.6. The molecule has 1 aliphatic carbocycles. The minimum atomic E-state index is -0.978. The van der Waals surface area contributed by atoms with E-state index in [1.165, 1.54) is 30.3 Å². The molecule has 2 aromatic rings. The summed E-state index contributed by atoms with van der Waals surface area (Å²) in [4.78, 5) is 15.8. The molecule has 0 atom stereocenters. The van der Waals surface area contributed by atoms with Gasteiger partial charge in [-0.25, -0.2) is 4.79 Å². The molecule has 1 fully saturated rings. The first-order valence-electron chi connectivity index (χ1n) is 5.73. The number of nitrogens with zero attached hydrogens (tertiary/aromatic N) is 2. The number of fused-ring (bicyclic) bond motifs is 1. The predicted octanol–water partition coefficient (Wildman–Crippen LogP) is 2.28. The molecule has 1 saturated carbocycles. The first-order valence-corrected chi connectivity index (χ1v) is 6.61. The van der Waals surface area contributed by atoms with E-state index in [2.05, 4.69) is 4.98 Å². The van der Waals surface area contributed by atoms with Crippen molar-refractivity contribution in [3.05, 3.63) is 23.3 Å². The summed E-state index contributed by atoms with van der Waals surface area (Å²) in [5, 5.41) is 10.6. The van der Waals surface area contributed by atoms with Gasteiger partial charge in [-0.1, -0.05) is 0 Å². The van der Waals surface area contributed by atoms with E-state index in [4.69, 9.17) is 9.84 Å². The molecule has 1 N–H and O–H groups in total. The number of carbonyl (C=O) groups is 1. The van der Waals surface area contributed by atoms with Crippen LogP contribution in [-0.4, -0.2) is 27.1 Å². The molecule has 94 valence electrons.